The second kappa shape index (κ2) is 5.00. The van der Waals surface area contributed by atoms with Gasteiger partial charge in [-0.15, -0.1) is 4.31 Å². The fraction of sp³-hybridized carbons (Fsp3) is 0.250. The number of hydrogen-bond donors (Lipinski definition) is 1. The molecular formula is C8H9BrN2O4S. The molecule has 0 spiro atoms. The van der Waals surface area contributed by atoms with E-state index in [2.05, 4.69) is 15.9 Å². The summed E-state index contributed by atoms with van der Waals surface area (Å²) in [6, 6.07) is 2.48. The maximum Gasteiger partial charge on any atom is 0.316 e. The van der Waals surface area contributed by atoms with Crippen LogP contribution < -0.4 is 0 Å². The van der Waals surface area contributed by atoms with Gasteiger partial charge in [0.1, 0.15) is 0 Å². The van der Waals surface area contributed by atoms with E-state index in [1.54, 1.807) is 14.1 Å². The molecule has 0 saturated heterocycles. The summed E-state index contributed by atoms with van der Waals surface area (Å²) < 4.78 is 13.2. The smallest absolute Gasteiger partial charge is 0.316 e. The number of phenolic OH excluding ortho intramolecular Hbond substituents is 1. The number of rotatable bonds is 3. The molecule has 0 bridgehead atoms. The Hall–Kier alpha value is -0.830. The molecule has 8 heteroatoms. The minimum Gasteiger partial charge on any atom is -0.593 e. The summed E-state index contributed by atoms with van der Waals surface area (Å²) in [5.74, 6) is -0.468. The molecule has 0 aliphatic rings. The van der Waals surface area contributed by atoms with Gasteiger partial charge in [0.25, 0.3) is 0 Å². The lowest BCUT2D eigenvalue weighted by Gasteiger charge is -2.15. The average Bonchev–Trinajstić information content (AvgIpc) is 2.20. The maximum atomic E-state index is 11.7. The molecule has 0 amide bonds. The summed E-state index contributed by atoms with van der Waals surface area (Å²) in [5.41, 5.74) is -0.473. The second-order valence-corrected chi connectivity index (χ2v) is 5.65. The number of phenols is 1. The molecule has 0 fully saturated rings. The first-order valence-corrected chi connectivity index (χ1v) is 6.00. The lowest BCUT2D eigenvalue weighted by molar-refractivity contribution is -0.386. The quantitative estimate of drug-likeness (QED) is 0.521. The monoisotopic (exact) mass is 308 g/mol. The molecule has 1 unspecified atom stereocenters. The fourth-order valence-electron chi connectivity index (χ4n) is 1.01. The van der Waals surface area contributed by atoms with Gasteiger partial charge in [-0.1, -0.05) is 0 Å². The van der Waals surface area contributed by atoms with Crippen LogP contribution in [0.2, 0.25) is 0 Å². The Morgan fingerprint density at radius 2 is 2.06 bits per heavy atom. The van der Waals surface area contributed by atoms with E-state index in [-0.39, 0.29) is 9.37 Å². The molecule has 0 heterocycles. The lowest BCUT2D eigenvalue weighted by Crippen LogP contribution is -2.22. The molecule has 0 aliphatic carbocycles. The van der Waals surface area contributed by atoms with Crippen molar-refractivity contribution in [3.05, 3.63) is 26.7 Å². The van der Waals surface area contributed by atoms with Crippen LogP contribution in [-0.4, -0.2) is 33.0 Å². The minimum absolute atomic E-state index is 0.145. The molecule has 88 valence electrons. The van der Waals surface area contributed by atoms with E-state index >= 15 is 0 Å². The zero-order valence-corrected chi connectivity index (χ0v) is 10.9. The van der Waals surface area contributed by atoms with Crippen molar-refractivity contribution in [1.29, 1.82) is 0 Å². The number of nitrogens with zero attached hydrogens (tertiary/aromatic N) is 2. The third kappa shape index (κ3) is 2.64. The Labute approximate surface area is 103 Å². The zero-order valence-electron chi connectivity index (χ0n) is 8.51. The van der Waals surface area contributed by atoms with E-state index in [4.69, 9.17) is 0 Å². The van der Waals surface area contributed by atoms with Crippen molar-refractivity contribution >= 4 is 33.0 Å². The topological polar surface area (TPSA) is 89.7 Å². The van der Waals surface area contributed by atoms with Crippen molar-refractivity contribution in [2.24, 2.45) is 0 Å². The van der Waals surface area contributed by atoms with Gasteiger partial charge < -0.3 is 9.66 Å². The second-order valence-electron chi connectivity index (χ2n) is 3.09. The van der Waals surface area contributed by atoms with Gasteiger partial charge in [0, 0.05) is 20.2 Å². The van der Waals surface area contributed by atoms with Gasteiger partial charge in [0.15, 0.2) is 4.90 Å². The molecule has 0 radical (unpaired) electrons. The van der Waals surface area contributed by atoms with Gasteiger partial charge in [-0.05, 0) is 15.9 Å². The molecule has 0 saturated carbocycles. The van der Waals surface area contributed by atoms with Gasteiger partial charge in [0.2, 0.25) is 5.75 Å². The van der Waals surface area contributed by atoms with Crippen molar-refractivity contribution in [3.8, 4) is 5.75 Å². The highest BCUT2D eigenvalue weighted by molar-refractivity contribution is 9.10. The number of benzene rings is 1. The minimum atomic E-state index is -1.49. The van der Waals surface area contributed by atoms with Crippen LogP contribution in [0.4, 0.5) is 5.69 Å². The normalized spacial score (nSPS) is 12.8. The number of halogens is 1. The fourth-order valence-corrected chi connectivity index (χ4v) is 2.47. The van der Waals surface area contributed by atoms with Crippen molar-refractivity contribution in [1.82, 2.24) is 4.31 Å². The van der Waals surface area contributed by atoms with E-state index in [1.807, 2.05) is 0 Å². The van der Waals surface area contributed by atoms with Gasteiger partial charge in [0.05, 0.1) is 26.8 Å². The third-order valence-electron chi connectivity index (χ3n) is 1.75. The summed E-state index contributed by atoms with van der Waals surface area (Å²) in [4.78, 5) is 10.2. The highest BCUT2D eigenvalue weighted by Gasteiger charge is 2.24. The number of hydrogen-bond acceptors (Lipinski definition) is 5. The van der Waals surface area contributed by atoms with Crippen LogP contribution >= 0.6 is 15.9 Å². The van der Waals surface area contributed by atoms with E-state index < -0.39 is 27.7 Å². The first-order valence-electron chi connectivity index (χ1n) is 4.10. The average molecular weight is 309 g/mol. The molecule has 0 aromatic heterocycles. The summed E-state index contributed by atoms with van der Waals surface area (Å²) in [7, 11) is 3.17. The highest BCUT2D eigenvalue weighted by Crippen LogP contribution is 2.36. The third-order valence-corrected chi connectivity index (χ3v) is 3.65. The molecule has 1 rings (SSSR count). The van der Waals surface area contributed by atoms with Gasteiger partial charge in [-0.25, -0.2) is 0 Å². The lowest BCUT2D eigenvalue weighted by atomic mass is 10.3. The Morgan fingerprint density at radius 3 is 2.50 bits per heavy atom. The number of nitro benzene ring substituents is 1. The van der Waals surface area contributed by atoms with Crippen LogP contribution in [0, 0.1) is 10.1 Å². The molecular weight excluding hydrogens is 300 g/mol. The molecule has 6 nitrogen and oxygen atoms in total. The SMILES string of the molecule is CN(C)[S+]([O-])c1cc(Br)c(O)c([N+](=O)[O-])c1. The van der Waals surface area contributed by atoms with Crippen LogP contribution in [0.25, 0.3) is 0 Å². The molecule has 1 atom stereocenters. The highest BCUT2D eigenvalue weighted by atomic mass is 79.9. The van der Waals surface area contributed by atoms with E-state index in [0.29, 0.717) is 0 Å². The van der Waals surface area contributed by atoms with Crippen LogP contribution in [0.15, 0.2) is 21.5 Å². The van der Waals surface area contributed by atoms with Crippen LogP contribution in [0.1, 0.15) is 0 Å². The first-order chi connectivity index (χ1) is 7.34. The summed E-state index contributed by atoms with van der Waals surface area (Å²) >= 11 is 1.48. The predicted molar refractivity (Wildman–Crippen MR) is 62.6 cm³/mol. The largest absolute Gasteiger partial charge is 0.593 e. The summed E-state index contributed by atoms with van der Waals surface area (Å²) in [6.07, 6.45) is 0. The molecule has 1 aromatic rings. The van der Waals surface area contributed by atoms with Crippen LogP contribution in [0.5, 0.6) is 5.75 Å². The Kier molecular flexibility index (Phi) is 4.14. The molecule has 16 heavy (non-hydrogen) atoms. The Balaban J connectivity index is 3.29. The zero-order chi connectivity index (χ0) is 12.5. The van der Waals surface area contributed by atoms with Crippen molar-refractivity contribution < 1.29 is 14.6 Å². The van der Waals surface area contributed by atoms with Crippen molar-refractivity contribution in [2.75, 3.05) is 14.1 Å². The number of aromatic hydroxyl groups is 1. The molecule has 1 N–H and O–H groups in total. The van der Waals surface area contributed by atoms with E-state index in [1.165, 1.54) is 10.4 Å². The van der Waals surface area contributed by atoms with Crippen LogP contribution in [-0.2, 0) is 11.4 Å². The van der Waals surface area contributed by atoms with Crippen molar-refractivity contribution in [2.45, 2.75) is 4.90 Å². The van der Waals surface area contributed by atoms with Gasteiger partial charge in [-0.3, -0.25) is 10.1 Å². The Morgan fingerprint density at radius 1 is 1.50 bits per heavy atom. The van der Waals surface area contributed by atoms with Gasteiger partial charge >= 0.3 is 5.69 Å². The predicted octanol–water partition coefficient (Wildman–Crippen LogP) is 1.65. The molecule has 0 aliphatic heterocycles. The Bertz CT molecular complexity index is 427. The standard InChI is InChI=1S/C8H9BrN2O4S/c1-10(2)16(15)5-3-6(9)8(12)7(4-5)11(13)14/h3-4,12H,1-2H3. The van der Waals surface area contributed by atoms with Crippen LogP contribution in [0.3, 0.4) is 0 Å². The van der Waals surface area contributed by atoms with E-state index in [9.17, 15) is 19.8 Å². The first kappa shape index (κ1) is 13.2. The summed E-state index contributed by atoms with van der Waals surface area (Å²) in [6.45, 7) is 0. The van der Waals surface area contributed by atoms with E-state index in [0.717, 1.165) is 6.07 Å². The summed E-state index contributed by atoms with van der Waals surface area (Å²) in [5, 5.41) is 20.0. The van der Waals surface area contributed by atoms with Crippen molar-refractivity contribution in [3.63, 3.8) is 0 Å². The number of nitro groups is 1. The van der Waals surface area contributed by atoms with Gasteiger partial charge in [-0.2, -0.15) is 0 Å². The maximum absolute atomic E-state index is 11.7. The molecule has 1 aromatic carbocycles.